The zero-order valence-corrected chi connectivity index (χ0v) is 10.6. The first kappa shape index (κ1) is 11.9. The molecule has 0 spiro atoms. The molecule has 2 aromatic heterocycles. The molecule has 1 N–H and O–H groups in total. The highest BCUT2D eigenvalue weighted by atomic mass is 15.2. The molecule has 0 aliphatic heterocycles. The smallest absolute Gasteiger partial charge is 0.0946 e. The number of hydrogen-bond acceptors (Lipinski definition) is 3. The number of nitrogens with zero attached hydrogens (tertiary/aromatic N) is 4. The van der Waals surface area contributed by atoms with Gasteiger partial charge >= 0.3 is 0 Å². The van der Waals surface area contributed by atoms with Gasteiger partial charge in [-0.2, -0.15) is 5.10 Å². The summed E-state index contributed by atoms with van der Waals surface area (Å²) < 4.78 is 3.99. The Morgan fingerprint density at radius 2 is 2.24 bits per heavy atom. The molecule has 0 fully saturated rings. The minimum atomic E-state index is 0.331. The third-order valence-electron chi connectivity index (χ3n) is 3.17. The van der Waals surface area contributed by atoms with E-state index in [1.807, 2.05) is 44.5 Å². The van der Waals surface area contributed by atoms with Crippen molar-refractivity contribution in [3.05, 3.63) is 36.2 Å². The van der Waals surface area contributed by atoms with Gasteiger partial charge in [-0.3, -0.25) is 4.68 Å². The maximum Gasteiger partial charge on any atom is 0.0946 e. The lowest BCUT2D eigenvalue weighted by Gasteiger charge is -2.16. The molecular formula is C12H19N5. The monoisotopic (exact) mass is 233 g/mol. The first-order valence-corrected chi connectivity index (χ1v) is 5.82. The van der Waals surface area contributed by atoms with E-state index in [4.69, 9.17) is 0 Å². The summed E-state index contributed by atoms with van der Waals surface area (Å²) in [5, 5.41) is 7.52. The van der Waals surface area contributed by atoms with Crippen LogP contribution in [0.3, 0.4) is 0 Å². The van der Waals surface area contributed by atoms with Gasteiger partial charge < -0.3 is 9.88 Å². The van der Waals surface area contributed by atoms with Crippen LogP contribution in [0.15, 0.2) is 24.8 Å². The molecule has 1 unspecified atom stereocenters. The van der Waals surface area contributed by atoms with Crippen LogP contribution in [0.2, 0.25) is 0 Å². The van der Waals surface area contributed by atoms with E-state index >= 15 is 0 Å². The van der Waals surface area contributed by atoms with Crippen LogP contribution in [0.5, 0.6) is 0 Å². The molecule has 0 radical (unpaired) electrons. The molecule has 5 nitrogen and oxygen atoms in total. The van der Waals surface area contributed by atoms with Gasteiger partial charge in [0.25, 0.3) is 0 Å². The van der Waals surface area contributed by atoms with Crippen LogP contribution in [0.25, 0.3) is 0 Å². The Hall–Kier alpha value is -1.62. The van der Waals surface area contributed by atoms with Gasteiger partial charge in [0, 0.05) is 38.2 Å². The first-order valence-electron chi connectivity index (χ1n) is 5.82. The van der Waals surface area contributed by atoms with Crippen LogP contribution in [0.4, 0.5) is 0 Å². The fourth-order valence-corrected chi connectivity index (χ4v) is 2.08. The van der Waals surface area contributed by atoms with E-state index in [-0.39, 0.29) is 0 Å². The Kier molecular flexibility index (Phi) is 3.58. The van der Waals surface area contributed by atoms with E-state index in [9.17, 15) is 0 Å². The Balaban J connectivity index is 2.02. The maximum atomic E-state index is 4.18. The molecule has 0 aromatic carbocycles. The Bertz CT molecular complexity index is 471. The van der Waals surface area contributed by atoms with Crippen molar-refractivity contribution >= 4 is 0 Å². The highest BCUT2D eigenvalue weighted by Crippen LogP contribution is 2.17. The van der Waals surface area contributed by atoms with Gasteiger partial charge in [0.2, 0.25) is 0 Å². The lowest BCUT2D eigenvalue weighted by molar-refractivity contribution is 0.509. The van der Waals surface area contributed by atoms with Crippen molar-refractivity contribution in [1.82, 2.24) is 24.6 Å². The van der Waals surface area contributed by atoms with E-state index in [0.29, 0.717) is 6.04 Å². The van der Waals surface area contributed by atoms with Crippen molar-refractivity contribution in [2.45, 2.75) is 18.9 Å². The zero-order chi connectivity index (χ0) is 12.3. The number of nitrogens with one attached hydrogen (secondary N) is 1. The lowest BCUT2D eigenvalue weighted by Crippen LogP contribution is -2.20. The summed E-state index contributed by atoms with van der Waals surface area (Å²) in [7, 11) is 5.99. The van der Waals surface area contributed by atoms with E-state index in [1.54, 1.807) is 0 Å². The third-order valence-corrected chi connectivity index (χ3v) is 3.17. The molecule has 0 amide bonds. The molecule has 0 bridgehead atoms. The summed E-state index contributed by atoms with van der Waals surface area (Å²) in [6.07, 6.45) is 7.64. The van der Waals surface area contributed by atoms with Crippen LogP contribution in [-0.4, -0.2) is 26.4 Å². The maximum absolute atomic E-state index is 4.18. The van der Waals surface area contributed by atoms with Crippen LogP contribution in [0, 0.1) is 0 Å². The second-order valence-electron chi connectivity index (χ2n) is 4.26. The van der Waals surface area contributed by atoms with Gasteiger partial charge in [-0.15, -0.1) is 0 Å². The average Bonchev–Trinajstić information content (AvgIpc) is 2.90. The molecule has 0 saturated carbocycles. The first-order chi connectivity index (χ1) is 8.22. The Morgan fingerprint density at radius 1 is 1.41 bits per heavy atom. The predicted octanol–water partition coefficient (Wildman–Crippen LogP) is 1.05. The van der Waals surface area contributed by atoms with Crippen molar-refractivity contribution in [3.63, 3.8) is 0 Å². The standard InChI is InChI=1S/C12H19N5/c1-13-11(12-8-14-9-16(12)2)5-4-10-6-7-15-17(10)3/h6-9,11,13H,4-5H2,1-3H3. The van der Waals surface area contributed by atoms with E-state index < -0.39 is 0 Å². The second kappa shape index (κ2) is 5.14. The van der Waals surface area contributed by atoms with Crippen molar-refractivity contribution in [3.8, 4) is 0 Å². The molecule has 0 aliphatic carbocycles. The summed E-state index contributed by atoms with van der Waals surface area (Å²) >= 11 is 0. The number of aryl methyl sites for hydroxylation is 3. The molecule has 0 saturated heterocycles. The zero-order valence-electron chi connectivity index (χ0n) is 10.6. The molecule has 0 aliphatic rings. The molecule has 92 valence electrons. The number of imidazole rings is 1. The fourth-order valence-electron chi connectivity index (χ4n) is 2.08. The van der Waals surface area contributed by atoms with Crippen molar-refractivity contribution in [2.24, 2.45) is 14.1 Å². The van der Waals surface area contributed by atoms with Gasteiger partial charge in [0.05, 0.1) is 12.0 Å². The summed E-state index contributed by atoms with van der Waals surface area (Å²) in [6, 6.07) is 2.40. The predicted molar refractivity (Wildman–Crippen MR) is 66.5 cm³/mol. The van der Waals surface area contributed by atoms with Gasteiger partial charge in [-0.05, 0) is 26.0 Å². The Labute approximate surface area is 101 Å². The molecule has 2 heterocycles. The quantitative estimate of drug-likeness (QED) is 0.839. The topological polar surface area (TPSA) is 47.7 Å². The Morgan fingerprint density at radius 3 is 2.76 bits per heavy atom. The molecule has 2 rings (SSSR count). The summed E-state index contributed by atoms with van der Waals surface area (Å²) in [6.45, 7) is 0. The van der Waals surface area contributed by atoms with Crippen LogP contribution < -0.4 is 5.32 Å². The average molecular weight is 233 g/mol. The molecule has 5 heteroatoms. The number of hydrogen-bond donors (Lipinski definition) is 1. The minimum absolute atomic E-state index is 0.331. The summed E-state index contributed by atoms with van der Waals surface area (Å²) in [5.41, 5.74) is 2.47. The highest BCUT2D eigenvalue weighted by molar-refractivity contribution is 5.07. The largest absolute Gasteiger partial charge is 0.336 e. The highest BCUT2D eigenvalue weighted by Gasteiger charge is 2.13. The lowest BCUT2D eigenvalue weighted by atomic mass is 10.1. The minimum Gasteiger partial charge on any atom is -0.336 e. The fraction of sp³-hybridized carbons (Fsp3) is 0.500. The second-order valence-corrected chi connectivity index (χ2v) is 4.26. The van der Waals surface area contributed by atoms with E-state index in [0.717, 1.165) is 12.8 Å². The molecule has 17 heavy (non-hydrogen) atoms. The third kappa shape index (κ3) is 2.55. The van der Waals surface area contributed by atoms with Crippen molar-refractivity contribution in [1.29, 1.82) is 0 Å². The SMILES string of the molecule is CNC(CCc1ccnn1C)c1cncn1C. The van der Waals surface area contributed by atoms with Crippen LogP contribution in [-0.2, 0) is 20.5 Å². The molecule has 2 aromatic rings. The molecular weight excluding hydrogens is 214 g/mol. The summed E-state index contributed by atoms with van der Waals surface area (Å²) in [4.78, 5) is 4.16. The molecule has 1 atom stereocenters. The van der Waals surface area contributed by atoms with Gasteiger partial charge in [-0.1, -0.05) is 0 Å². The van der Waals surface area contributed by atoms with Gasteiger partial charge in [-0.25, -0.2) is 4.98 Å². The van der Waals surface area contributed by atoms with Gasteiger partial charge in [0.1, 0.15) is 0 Å². The van der Waals surface area contributed by atoms with Crippen molar-refractivity contribution < 1.29 is 0 Å². The van der Waals surface area contributed by atoms with Crippen LogP contribution >= 0.6 is 0 Å². The number of aromatic nitrogens is 4. The van der Waals surface area contributed by atoms with Gasteiger partial charge in [0.15, 0.2) is 0 Å². The van der Waals surface area contributed by atoms with E-state index in [1.165, 1.54) is 11.4 Å². The normalized spacial score (nSPS) is 12.9. The summed E-state index contributed by atoms with van der Waals surface area (Å²) in [5.74, 6) is 0. The van der Waals surface area contributed by atoms with Crippen LogP contribution in [0.1, 0.15) is 23.9 Å². The number of rotatable bonds is 5. The van der Waals surface area contributed by atoms with Crippen molar-refractivity contribution in [2.75, 3.05) is 7.05 Å². The van der Waals surface area contributed by atoms with E-state index in [2.05, 4.69) is 26.0 Å².